The van der Waals surface area contributed by atoms with Crippen molar-refractivity contribution < 1.29 is 4.74 Å². The van der Waals surface area contributed by atoms with Crippen LogP contribution in [0.5, 0.6) is 0 Å². The van der Waals surface area contributed by atoms with Crippen LogP contribution in [-0.2, 0) is 4.74 Å². The molecule has 5 heteroatoms. The average Bonchev–Trinajstić information content (AvgIpc) is 2.87. The van der Waals surface area contributed by atoms with Crippen LogP contribution < -0.4 is 0 Å². The molecule has 4 nitrogen and oxygen atoms in total. The summed E-state index contributed by atoms with van der Waals surface area (Å²) in [4.78, 5) is 9.18. The Bertz CT molecular complexity index is 590. The van der Waals surface area contributed by atoms with E-state index in [-0.39, 0.29) is 5.38 Å². The second-order valence-corrected chi connectivity index (χ2v) is 6.15. The number of hydrogen-bond acceptors (Lipinski definition) is 3. The Morgan fingerprint density at radius 2 is 2.10 bits per heavy atom. The van der Waals surface area contributed by atoms with Gasteiger partial charge in [0.15, 0.2) is 5.65 Å². The van der Waals surface area contributed by atoms with Crippen LogP contribution in [0.3, 0.4) is 0 Å². The van der Waals surface area contributed by atoms with Gasteiger partial charge in [0.1, 0.15) is 11.3 Å². The lowest BCUT2D eigenvalue weighted by molar-refractivity contribution is 0.0514. The summed E-state index contributed by atoms with van der Waals surface area (Å²) < 4.78 is 7.69. The summed E-state index contributed by atoms with van der Waals surface area (Å²) in [6.45, 7) is 5.91. The molecule has 0 saturated carbocycles. The first-order chi connectivity index (χ1) is 9.68. The van der Waals surface area contributed by atoms with E-state index in [0.29, 0.717) is 12.0 Å². The van der Waals surface area contributed by atoms with Crippen molar-refractivity contribution in [3.05, 3.63) is 24.2 Å². The SMILES string of the molecule is CC(Cl)c1nc2cccnc2n1C(C)C1CCOCC1. The highest BCUT2D eigenvalue weighted by atomic mass is 35.5. The van der Waals surface area contributed by atoms with Crippen LogP contribution in [0.25, 0.3) is 11.2 Å². The smallest absolute Gasteiger partial charge is 0.160 e. The number of nitrogens with zero attached hydrogens (tertiary/aromatic N) is 3. The predicted molar refractivity (Wildman–Crippen MR) is 80.1 cm³/mol. The summed E-state index contributed by atoms with van der Waals surface area (Å²) in [5.74, 6) is 1.51. The zero-order valence-corrected chi connectivity index (χ0v) is 12.7. The van der Waals surface area contributed by atoms with E-state index in [4.69, 9.17) is 16.3 Å². The fraction of sp³-hybridized carbons (Fsp3) is 0.600. The first kappa shape index (κ1) is 13.8. The van der Waals surface area contributed by atoms with Gasteiger partial charge in [-0.1, -0.05) is 0 Å². The number of halogens is 1. The number of pyridine rings is 1. The number of hydrogen-bond donors (Lipinski definition) is 0. The van der Waals surface area contributed by atoms with Gasteiger partial charge in [0.2, 0.25) is 0 Å². The van der Waals surface area contributed by atoms with Gasteiger partial charge < -0.3 is 9.30 Å². The molecule has 0 spiro atoms. The molecule has 3 rings (SSSR count). The lowest BCUT2D eigenvalue weighted by atomic mass is 9.92. The molecule has 0 radical (unpaired) electrons. The van der Waals surface area contributed by atoms with Gasteiger partial charge in [-0.15, -0.1) is 11.6 Å². The molecule has 2 aromatic heterocycles. The van der Waals surface area contributed by atoms with Crippen LogP contribution in [0.2, 0.25) is 0 Å². The molecular weight excluding hydrogens is 274 g/mol. The summed E-state index contributed by atoms with van der Waals surface area (Å²) in [5.41, 5.74) is 1.86. The van der Waals surface area contributed by atoms with Gasteiger partial charge in [-0.2, -0.15) is 0 Å². The topological polar surface area (TPSA) is 39.9 Å². The Morgan fingerprint density at radius 1 is 1.35 bits per heavy atom. The van der Waals surface area contributed by atoms with Gasteiger partial charge in [-0.05, 0) is 44.7 Å². The third-order valence-corrected chi connectivity index (χ3v) is 4.38. The number of fused-ring (bicyclic) bond motifs is 1. The quantitative estimate of drug-likeness (QED) is 0.810. The van der Waals surface area contributed by atoms with E-state index in [1.54, 1.807) is 0 Å². The van der Waals surface area contributed by atoms with E-state index in [1.807, 2.05) is 25.3 Å². The minimum Gasteiger partial charge on any atom is -0.381 e. The van der Waals surface area contributed by atoms with E-state index in [0.717, 1.165) is 43.0 Å². The van der Waals surface area contributed by atoms with Gasteiger partial charge >= 0.3 is 0 Å². The maximum absolute atomic E-state index is 6.33. The third kappa shape index (κ3) is 2.42. The summed E-state index contributed by atoms with van der Waals surface area (Å²) in [7, 11) is 0. The van der Waals surface area contributed by atoms with E-state index in [9.17, 15) is 0 Å². The highest BCUT2D eigenvalue weighted by Gasteiger charge is 2.27. The largest absolute Gasteiger partial charge is 0.381 e. The first-order valence-corrected chi connectivity index (χ1v) is 7.66. The number of ether oxygens (including phenoxy) is 1. The van der Waals surface area contributed by atoms with Crippen molar-refractivity contribution in [1.82, 2.24) is 14.5 Å². The second kappa shape index (κ2) is 5.70. The Hall–Kier alpha value is -1.13. The predicted octanol–water partition coefficient (Wildman–Crippen LogP) is 3.72. The van der Waals surface area contributed by atoms with Gasteiger partial charge in [-0.25, -0.2) is 9.97 Å². The minimum absolute atomic E-state index is 0.119. The monoisotopic (exact) mass is 293 g/mol. The first-order valence-electron chi connectivity index (χ1n) is 7.23. The highest BCUT2D eigenvalue weighted by molar-refractivity contribution is 6.20. The maximum atomic E-state index is 6.33. The molecule has 1 aliphatic rings. The Morgan fingerprint density at radius 3 is 2.80 bits per heavy atom. The Balaban J connectivity index is 2.05. The summed E-state index contributed by atoms with van der Waals surface area (Å²) in [6.07, 6.45) is 3.99. The van der Waals surface area contributed by atoms with Crippen molar-refractivity contribution in [1.29, 1.82) is 0 Å². The standard InChI is InChI=1S/C15H20ClN3O/c1-10(16)14-18-13-4-3-7-17-15(13)19(14)11(2)12-5-8-20-9-6-12/h3-4,7,10-12H,5-6,8-9H2,1-2H3. The van der Waals surface area contributed by atoms with Crippen LogP contribution in [-0.4, -0.2) is 27.7 Å². The Kier molecular flexibility index (Phi) is 3.94. The number of rotatable bonds is 3. The highest BCUT2D eigenvalue weighted by Crippen LogP contribution is 2.33. The fourth-order valence-corrected chi connectivity index (χ4v) is 3.19. The van der Waals surface area contributed by atoms with Crippen molar-refractivity contribution in [2.75, 3.05) is 13.2 Å². The summed E-state index contributed by atoms with van der Waals surface area (Å²) in [6, 6.07) is 4.26. The molecule has 108 valence electrons. The Labute approximate surface area is 124 Å². The zero-order valence-electron chi connectivity index (χ0n) is 11.9. The minimum atomic E-state index is -0.119. The molecule has 0 aliphatic carbocycles. The van der Waals surface area contributed by atoms with Gasteiger partial charge in [-0.3, -0.25) is 0 Å². The molecule has 2 unspecified atom stereocenters. The molecule has 0 amide bonds. The maximum Gasteiger partial charge on any atom is 0.160 e. The molecule has 0 aromatic carbocycles. The van der Waals surface area contributed by atoms with Gasteiger partial charge in [0.25, 0.3) is 0 Å². The van der Waals surface area contributed by atoms with Crippen LogP contribution >= 0.6 is 11.6 Å². The summed E-state index contributed by atoms with van der Waals surface area (Å²) in [5, 5.41) is -0.119. The van der Waals surface area contributed by atoms with E-state index < -0.39 is 0 Å². The van der Waals surface area contributed by atoms with Crippen molar-refractivity contribution in [3.8, 4) is 0 Å². The van der Waals surface area contributed by atoms with Gasteiger partial charge in [0, 0.05) is 25.5 Å². The van der Waals surface area contributed by atoms with Crippen molar-refractivity contribution in [3.63, 3.8) is 0 Å². The molecular formula is C15H20ClN3O. The van der Waals surface area contributed by atoms with Crippen molar-refractivity contribution in [2.45, 2.75) is 38.1 Å². The third-order valence-electron chi connectivity index (χ3n) is 4.19. The second-order valence-electron chi connectivity index (χ2n) is 5.49. The van der Waals surface area contributed by atoms with E-state index in [2.05, 4.69) is 21.5 Å². The van der Waals surface area contributed by atoms with Gasteiger partial charge in [0.05, 0.1) is 5.38 Å². The normalized spacial score (nSPS) is 20.1. The molecule has 2 aromatic rings. The van der Waals surface area contributed by atoms with Crippen LogP contribution in [0.4, 0.5) is 0 Å². The molecule has 1 aliphatic heterocycles. The number of aromatic nitrogens is 3. The molecule has 20 heavy (non-hydrogen) atoms. The molecule has 0 N–H and O–H groups in total. The van der Waals surface area contributed by atoms with Crippen LogP contribution in [0.15, 0.2) is 18.3 Å². The zero-order chi connectivity index (χ0) is 14.1. The lowest BCUT2D eigenvalue weighted by Gasteiger charge is -2.30. The number of alkyl halides is 1. The molecule has 1 fully saturated rings. The van der Waals surface area contributed by atoms with Crippen LogP contribution in [0.1, 0.15) is 43.9 Å². The van der Waals surface area contributed by atoms with E-state index in [1.165, 1.54) is 0 Å². The lowest BCUT2D eigenvalue weighted by Crippen LogP contribution is -2.25. The molecule has 0 bridgehead atoms. The number of imidazole rings is 1. The van der Waals surface area contributed by atoms with E-state index >= 15 is 0 Å². The molecule has 3 heterocycles. The molecule has 2 atom stereocenters. The fourth-order valence-electron chi connectivity index (χ4n) is 3.04. The van der Waals surface area contributed by atoms with Crippen LogP contribution in [0, 0.1) is 5.92 Å². The molecule has 1 saturated heterocycles. The van der Waals surface area contributed by atoms with Crippen molar-refractivity contribution in [2.24, 2.45) is 5.92 Å². The average molecular weight is 294 g/mol. The van der Waals surface area contributed by atoms with Crippen molar-refractivity contribution >= 4 is 22.8 Å². The summed E-state index contributed by atoms with van der Waals surface area (Å²) >= 11 is 6.33.